The van der Waals surface area contributed by atoms with Gasteiger partial charge in [0.1, 0.15) is 0 Å². The highest BCUT2D eigenvalue weighted by molar-refractivity contribution is 7.92. The SMILES string of the molecule is CS(=O)(=O)Nc1cc(Cl)cc(NC(=O)c2cnn(C3CCOC3)c2)c1. The Kier molecular flexibility index (Phi) is 4.98. The van der Waals surface area contributed by atoms with E-state index in [-0.39, 0.29) is 17.6 Å². The fourth-order valence-corrected chi connectivity index (χ4v) is 3.30. The summed E-state index contributed by atoms with van der Waals surface area (Å²) in [5.74, 6) is -0.363. The molecular formula is C15H17ClN4O4S. The Bertz CT molecular complexity index is 891. The number of anilines is 2. The molecule has 1 fully saturated rings. The van der Waals surface area contributed by atoms with Crippen molar-refractivity contribution in [1.82, 2.24) is 9.78 Å². The number of amides is 1. The number of nitrogens with zero attached hydrogens (tertiary/aromatic N) is 2. The van der Waals surface area contributed by atoms with Gasteiger partial charge in [0.2, 0.25) is 10.0 Å². The number of benzene rings is 1. The second-order valence-electron chi connectivity index (χ2n) is 5.78. The van der Waals surface area contributed by atoms with Crippen LogP contribution < -0.4 is 10.0 Å². The monoisotopic (exact) mass is 384 g/mol. The summed E-state index contributed by atoms with van der Waals surface area (Å²) in [5.41, 5.74) is 1.04. The molecule has 3 rings (SSSR count). The summed E-state index contributed by atoms with van der Waals surface area (Å²) in [6.07, 6.45) is 5.04. The zero-order valence-corrected chi connectivity index (χ0v) is 15.0. The van der Waals surface area contributed by atoms with Crippen molar-refractivity contribution in [2.75, 3.05) is 29.5 Å². The molecule has 1 aliphatic heterocycles. The van der Waals surface area contributed by atoms with E-state index in [2.05, 4.69) is 15.1 Å². The summed E-state index contributed by atoms with van der Waals surface area (Å²) < 4.78 is 32.0. The molecular weight excluding hydrogens is 368 g/mol. The minimum atomic E-state index is -3.44. The van der Waals surface area contributed by atoms with E-state index < -0.39 is 10.0 Å². The minimum Gasteiger partial charge on any atom is -0.379 e. The highest BCUT2D eigenvalue weighted by Gasteiger charge is 2.20. The highest BCUT2D eigenvalue weighted by Crippen LogP contribution is 2.24. The van der Waals surface area contributed by atoms with Crippen LogP contribution in [0.15, 0.2) is 30.6 Å². The summed E-state index contributed by atoms with van der Waals surface area (Å²) in [7, 11) is -3.44. The van der Waals surface area contributed by atoms with Crippen LogP contribution in [-0.4, -0.2) is 43.6 Å². The second kappa shape index (κ2) is 7.03. The van der Waals surface area contributed by atoms with Crippen molar-refractivity contribution in [1.29, 1.82) is 0 Å². The smallest absolute Gasteiger partial charge is 0.258 e. The van der Waals surface area contributed by atoms with E-state index in [0.717, 1.165) is 12.7 Å². The van der Waals surface area contributed by atoms with E-state index in [1.54, 1.807) is 10.9 Å². The molecule has 2 heterocycles. The van der Waals surface area contributed by atoms with Gasteiger partial charge in [-0.25, -0.2) is 8.42 Å². The number of hydrogen-bond acceptors (Lipinski definition) is 5. The fourth-order valence-electron chi connectivity index (χ4n) is 2.52. The van der Waals surface area contributed by atoms with Gasteiger partial charge in [-0.15, -0.1) is 0 Å². The molecule has 1 atom stereocenters. The molecule has 10 heteroatoms. The number of rotatable bonds is 5. The van der Waals surface area contributed by atoms with Crippen LogP contribution in [0, 0.1) is 0 Å². The van der Waals surface area contributed by atoms with Crippen LogP contribution in [0.25, 0.3) is 0 Å². The molecule has 0 spiro atoms. The van der Waals surface area contributed by atoms with E-state index in [4.69, 9.17) is 16.3 Å². The summed E-state index contributed by atoms with van der Waals surface area (Å²) in [4.78, 5) is 12.4. The predicted octanol–water partition coefficient (Wildman–Crippen LogP) is 2.12. The van der Waals surface area contributed by atoms with E-state index in [9.17, 15) is 13.2 Å². The van der Waals surface area contributed by atoms with Crippen LogP contribution in [0.2, 0.25) is 5.02 Å². The Morgan fingerprint density at radius 3 is 2.80 bits per heavy atom. The number of nitrogens with one attached hydrogen (secondary N) is 2. The standard InChI is InChI=1S/C15H17ClN4O4S/c1-25(22,23)19-13-5-11(16)4-12(6-13)18-15(21)10-7-17-20(8-10)14-2-3-24-9-14/h4-8,14,19H,2-3,9H2,1H3,(H,18,21). The molecule has 0 aliphatic carbocycles. The van der Waals surface area contributed by atoms with E-state index >= 15 is 0 Å². The molecule has 1 aromatic carbocycles. The third-order valence-corrected chi connectivity index (χ3v) is 4.43. The van der Waals surface area contributed by atoms with Gasteiger partial charge < -0.3 is 10.1 Å². The lowest BCUT2D eigenvalue weighted by atomic mass is 10.2. The van der Waals surface area contributed by atoms with Crippen molar-refractivity contribution < 1.29 is 17.9 Å². The van der Waals surface area contributed by atoms with Gasteiger partial charge in [-0.3, -0.25) is 14.2 Å². The van der Waals surface area contributed by atoms with Crippen LogP contribution in [0.3, 0.4) is 0 Å². The molecule has 134 valence electrons. The van der Waals surface area contributed by atoms with Crippen LogP contribution in [0.1, 0.15) is 22.8 Å². The van der Waals surface area contributed by atoms with E-state index in [1.807, 2.05) is 0 Å². The molecule has 1 amide bonds. The Morgan fingerprint density at radius 2 is 2.12 bits per heavy atom. The number of hydrogen-bond donors (Lipinski definition) is 2. The molecule has 1 aromatic heterocycles. The summed E-state index contributed by atoms with van der Waals surface area (Å²) in [5, 5.41) is 7.18. The van der Waals surface area contributed by atoms with Gasteiger partial charge in [-0.2, -0.15) is 5.10 Å². The van der Waals surface area contributed by atoms with E-state index in [1.165, 1.54) is 24.4 Å². The molecule has 25 heavy (non-hydrogen) atoms. The Hall–Kier alpha value is -2.10. The summed E-state index contributed by atoms with van der Waals surface area (Å²) >= 11 is 5.98. The fraction of sp³-hybridized carbons (Fsp3) is 0.333. The molecule has 2 aromatic rings. The quantitative estimate of drug-likeness (QED) is 0.822. The van der Waals surface area contributed by atoms with Gasteiger partial charge in [-0.05, 0) is 24.6 Å². The minimum absolute atomic E-state index is 0.137. The maximum atomic E-state index is 12.4. The van der Waals surface area contributed by atoms with Gasteiger partial charge in [-0.1, -0.05) is 11.6 Å². The van der Waals surface area contributed by atoms with Gasteiger partial charge in [0, 0.05) is 23.5 Å². The first-order valence-electron chi connectivity index (χ1n) is 7.52. The average molecular weight is 385 g/mol. The van der Waals surface area contributed by atoms with Crippen LogP contribution in [-0.2, 0) is 14.8 Å². The molecule has 8 nitrogen and oxygen atoms in total. The van der Waals surface area contributed by atoms with Crippen molar-refractivity contribution in [3.8, 4) is 0 Å². The van der Waals surface area contributed by atoms with Gasteiger partial charge >= 0.3 is 0 Å². The van der Waals surface area contributed by atoms with Crippen LogP contribution in [0.4, 0.5) is 11.4 Å². The number of ether oxygens (including phenoxy) is 1. The van der Waals surface area contributed by atoms with Crippen molar-refractivity contribution in [2.24, 2.45) is 0 Å². The number of carbonyl (C=O) groups excluding carboxylic acids is 1. The maximum absolute atomic E-state index is 12.4. The van der Waals surface area contributed by atoms with Gasteiger partial charge in [0.05, 0.1) is 36.4 Å². The largest absolute Gasteiger partial charge is 0.379 e. The highest BCUT2D eigenvalue weighted by atomic mass is 35.5. The zero-order chi connectivity index (χ0) is 18.0. The average Bonchev–Trinajstić information content (AvgIpc) is 3.16. The first-order chi connectivity index (χ1) is 11.8. The molecule has 0 saturated carbocycles. The lowest BCUT2D eigenvalue weighted by molar-refractivity contribution is 0.102. The van der Waals surface area contributed by atoms with Crippen LogP contribution >= 0.6 is 11.6 Å². The number of carbonyl (C=O) groups is 1. The number of halogens is 1. The Balaban J connectivity index is 1.74. The Morgan fingerprint density at radius 1 is 1.36 bits per heavy atom. The molecule has 0 radical (unpaired) electrons. The normalized spacial score (nSPS) is 17.4. The first-order valence-corrected chi connectivity index (χ1v) is 9.79. The molecule has 1 unspecified atom stereocenters. The van der Waals surface area contributed by atoms with Crippen molar-refractivity contribution in [3.63, 3.8) is 0 Å². The van der Waals surface area contributed by atoms with E-state index in [0.29, 0.717) is 29.5 Å². The van der Waals surface area contributed by atoms with Gasteiger partial charge in [0.15, 0.2) is 0 Å². The van der Waals surface area contributed by atoms with Gasteiger partial charge in [0.25, 0.3) is 5.91 Å². The van der Waals surface area contributed by atoms with Crippen molar-refractivity contribution in [2.45, 2.75) is 12.5 Å². The Labute approximate surface area is 150 Å². The van der Waals surface area contributed by atoms with Crippen LogP contribution in [0.5, 0.6) is 0 Å². The lowest BCUT2D eigenvalue weighted by Crippen LogP contribution is -2.13. The number of sulfonamides is 1. The maximum Gasteiger partial charge on any atom is 0.258 e. The summed E-state index contributed by atoms with van der Waals surface area (Å²) in [6, 6.07) is 4.61. The third kappa shape index (κ3) is 4.71. The number of aromatic nitrogens is 2. The first kappa shape index (κ1) is 17.7. The topological polar surface area (TPSA) is 102 Å². The second-order valence-corrected chi connectivity index (χ2v) is 7.97. The van der Waals surface area contributed by atoms with Crippen molar-refractivity contribution in [3.05, 3.63) is 41.2 Å². The molecule has 2 N–H and O–H groups in total. The van der Waals surface area contributed by atoms with Crippen molar-refractivity contribution >= 4 is 38.9 Å². The molecule has 1 aliphatic rings. The molecule has 1 saturated heterocycles. The molecule has 0 bridgehead atoms. The predicted molar refractivity (Wildman–Crippen MR) is 94.6 cm³/mol. The lowest BCUT2D eigenvalue weighted by Gasteiger charge is -2.09. The zero-order valence-electron chi connectivity index (χ0n) is 13.4. The summed E-state index contributed by atoms with van der Waals surface area (Å²) in [6.45, 7) is 1.27. The third-order valence-electron chi connectivity index (χ3n) is 3.60.